The maximum Gasteiger partial charge on any atom is 0.377 e. The topological polar surface area (TPSA) is 58.6 Å². The molecule has 2 atom stereocenters. The molecule has 0 aromatic carbocycles. The molecule has 1 aliphatic heterocycles. The number of nitrogens with one attached hydrogen (secondary N) is 1. The van der Waals surface area contributed by atoms with E-state index in [0.29, 0.717) is 6.54 Å². The van der Waals surface area contributed by atoms with Crippen molar-refractivity contribution in [2.45, 2.75) is 38.4 Å². The maximum absolute atomic E-state index is 12.8. The highest BCUT2D eigenvalue weighted by Crippen LogP contribution is 2.30. The number of cyclic esters (lactones) is 1. The van der Waals surface area contributed by atoms with Crippen molar-refractivity contribution in [2.24, 2.45) is 5.92 Å². The highest BCUT2D eigenvalue weighted by atomic mass is 19.3. The quantitative estimate of drug-likeness (QED) is 0.685. The fourth-order valence-electron chi connectivity index (χ4n) is 1.39. The van der Waals surface area contributed by atoms with Crippen LogP contribution < -0.4 is 5.32 Å². The van der Waals surface area contributed by atoms with Gasteiger partial charge in [0.1, 0.15) is 6.10 Å². The van der Waals surface area contributed by atoms with Crippen LogP contribution >= 0.6 is 0 Å². The van der Waals surface area contributed by atoms with Gasteiger partial charge in [0.05, 0.1) is 12.5 Å². The van der Waals surface area contributed by atoms with E-state index in [1.165, 1.54) is 0 Å². The number of ether oxygens (including phenoxy) is 1. The van der Waals surface area contributed by atoms with Crippen LogP contribution in [0.1, 0.15) is 20.3 Å². The number of carbonyl (C=O) groups excluding carboxylic acids is 1. The largest absolute Gasteiger partial charge is 0.456 e. The molecule has 0 aromatic heterocycles. The molecular weight excluding hydrogens is 220 g/mol. The van der Waals surface area contributed by atoms with E-state index >= 15 is 0 Å². The van der Waals surface area contributed by atoms with Crippen LogP contribution in [0.5, 0.6) is 0 Å². The van der Waals surface area contributed by atoms with Gasteiger partial charge in [0.15, 0.2) is 0 Å². The summed E-state index contributed by atoms with van der Waals surface area (Å²) < 4.78 is 30.0. The fourth-order valence-corrected chi connectivity index (χ4v) is 1.39. The van der Waals surface area contributed by atoms with Crippen LogP contribution in [0.2, 0.25) is 0 Å². The van der Waals surface area contributed by atoms with Crippen LogP contribution in [0, 0.1) is 5.92 Å². The van der Waals surface area contributed by atoms with Gasteiger partial charge in [-0.1, -0.05) is 13.8 Å². The van der Waals surface area contributed by atoms with Crippen LogP contribution in [0.25, 0.3) is 0 Å². The molecule has 0 aliphatic carbocycles. The summed E-state index contributed by atoms with van der Waals surface area (Å²) in [4.78, 5) is 10.7. The number of rotatable bonds is 5. The van der Waals surface area contributed by atoms with Gasteiger partial charge in [-0.15, -0.1) is 0 Å². The van der Waals surface area contributed by atoms with E-state index in [0.717, 1.165) is 0 Å². The van der Waals surface area contributed by atoms with Gasteiger partial charge >= 0.3 is 11.9 Å². The molecule has 0 saturated carbocycles. The molecule has 4 nitrogen and oxygen atoms in total. The number of hydrogen-bond acceptors (Lipinski definition) is 4. The Labute approximate surface area is 93.0 Å². The van der Waals surface area contributed by atoms with Gasteiger partial charge < -0.3 is 15.2 Å². The summed E-state index contributed by atoms with van der Waals surface area (Å²) in [7, 11) is 0. The summed E-state index contributed by atoms with van der Waals surface area (Å²) in [5, 5.41) is 12.2. The summed E-state index contributed by atoms with van der Waals surface area (Å²) in [6.07, 6.45) is -1.92. The molecule has 94 valence electrons. The second kappa shape index (κ2) is 5.05. The van der Waals surface area contributed by atoms with Crippen molar-refractivity contribution < 1.29 is 23.4 Å². The van der Waals surface area contributed by atoms with Crippen LogP contribution in [-0.2, 0) is 9.53 Å². The van der Waals surface area contributed by atoms with Crippen molar-refractivity contribution in [3.05, 3.63) is 0 Å². The zero-order valence-corrected chi connectivity index (χ0v) is 9.37. The minimum atomic E-state index is -3.36. The molecule has 0 amide bonds. The molecule has 1 rings (SSSR count). The molecule has 2 N–H and O–H groups in total. The third-order valence-corrected chi connectivity index (χ3v) is 2.55. The number of aliphatic hydroxyl groups is 1. The number of hydrogen-bond donors (Lipinski definition) is 2. The smallest absolute Gasteiger partial charge is 0.377 e. The third kappa shape index (κ3) is 3.38. The molecule has 1 heterocycles. The van der Waals surface area contributed by atoms with Crippen molar-refractivity contribution in [1.82, 2.24) is 5.32 Å². The number of aliphatic hydroxyl groups excluding tert-OH is 1. The van der Waals surface area contributed by atoms with Crippen molar-refractivity contribution in [3.63, 3.8) is 0 Å². The van der Waals surface area contributed by atoms with E-state index in [4.69, 9.17) is 0 Å². The summed E-state index contributed by atoms with van der Waals surface area (Å²) in [6.45, 7) is 4.16. The fraction of sp³-hybridized carbons (Fsp3) is 0.900. The zero-order valence-electron chi connectivity index (χ0n) is 9.37. The van der Waals surface area contributed by atoms with E-state index in [1.807, 2.05) is 13.8 Å². The summed E-state index contributed by atoms with van der Waals surface area (Å²) in [6, 6.07) is 0. The Bertz CT molecular complexity index is 258. The van der Waals surface area contributed by atoms with Crippen molar-refractivity contribution in [1.29, 1.82) is 0 Å². The Morgan fingerprint density at radius 1 is 1.62 bits per heavy atom. The van der Waals surface area contributed by atoms with E-state index in [9.17, 15) is 18.7 Å². The first kappa shape index (κ1) is 13.3. The molecule has 1 saturated heterocycles. The van der Waals surface area contributed by atoms with E-state index in [1.54, 1.807) is 0 Å². The average molecular weight is 237 g/mol. The van der Waals surface area contributed by atoms with Crippen molar-refractivity contribution >= 4 is 5.97 Å². The Morgan fingerprint density at radius 2 is 2.25 bits per heavy atom. The maximum atomic E-state index is 12.8. The Balaban J connectivity index is 2.23. The predicted octanol–water partition coefficient (Wildman–Crippen LogP) is 0.544. The van der Waals surface area contributed by atoms with Crippen LogP contribution in [0.15, 0.2) is 0 Å². The van der Waals surface area contributed by atoms with Gasteiger partial charge in [-0.25, -0.2) is 4.79 Å². The molecule has 6 heteroatoms. The standard InChI is InChI=1S/C10H17F2NO3/c1-6(2)8(14)5-13-4-7-3-10(11,12)9(15)16-7/h6-8,13-14H,3-5H2,1-2H3. The molecule has 16 heavy (non-hydrogen) atoms. The molecule has 2 unspecified atom stereocenters. The SMILES string of the molecule is CC(C)C(O)CNCC1CC(F)(F)C(=O)O1. The molecule has 0 aromatic rings. The molecule has 1 fully saturated rings. The summed E-state index contributed by atoms with van der Waals surface area (Å²) in [5.74, 6) is -4.72. The van der Waals surface area contributed by atoms with Gasteiger partial charge in [0, 0.05) is 13.1 Å². The molecule has 0 bridgehead atoms. The molecule has 0 radical (unpaired) electrons. The average Bonchev–Trinajstić information content (AvgIpc) is 2.40. The van der Waals surface area contributed by atoms with E-state index in [2.05, 4.69) is 10.1 Å². The lowest BCUT2D eigenvalue weighted by atomic mass is 10.1. The normalized spacial score (nSPS) is 25.9. The Kier molecular flexibility index (Phi) is 4.21. The van der Waals surface area contributed by atoms with Crippen molar-refractivity contribution in [3.8, 4) is 0 Å². The third-order valence-electron chi connectivity index (χ3n) is 2.55. The number of halogens is 2. The van der Waals surface area contributed by atoms with Gasteiger partial charge in [-0.05, 0) is 5.92 Å². The highest BCUT2D eigenvalue weighted by molar-refractivity contribution is 5.79. The second-order valence-corrected chi connectivity index (χ2v) is 4.41. The monoisotopic (exact) mass is 237 g/mol. The minimum Gasteiger partial charge on any atom is -0.456 e. The number of alkyl halides is 2. The van der Waals surface area contributed by atoms with Crippen LogP contribution in [0.3, 0.4) is 0 Å². The predicted molar refractivity (Wildman–Crippen MR) is 53.2 cm³/mol. The first-order valence-electron chi connectivity index (χ1n) is 5.30. The van der Waals surface area contributed by atoms with Crippen LogP contribution in [0.4, 0.5) is 8.78 Å². The van der Waals surface area contributed by atoms with Gasteiger partial charge in [-0.3, -0.25) is 0 Å². The first-order valence-corrected chi connectivity index (χ1v) is 5.30. The lowest BCUT2D eigenvalue weighted by Gasteiger charge is -2.16. The highest BCUT2D eigenvalue weighted by Gasteiger charge is 2.50. The van der Waals surface area contributed by atoms with Gasteiger partial charge in [0.2, 0.25) is 0 Å². The minimum absolute atomic E-state index is 0.0973. The summed E-state index contributed by atoms with van der Waals surface area (Å²) in [5.41, 5.74) is 0. The van der Waals surface area contributed by atoms with Crippen LogP contribution in [-0.4, -0.2) is 42.3 Å². The van der Waals surface area contributed by atoms with Gasteiger partial charge in [0.25, 0.3) is 0 Å². The molecule has 0 spiro atoms. The Morgan fingerprint density at radius 3 is 2.69 bits per heavy atom. The zero-order chi connectivity index (χ0) is 12.3. The lowest BCUT2D eigenvalue weighted by Crippen LogP contribution is -2.35. The molecule has 1 aliphatic rings. The summed E-state index contributed by atoms with van der Waals surface area (Å²) >= 11 is 0. The number of carbonyl (C=O) groups is 1. The van der Waals surface area contributed by atoms with E-state index < -0.39 is 30.5 Å². The van der Waals surface area contributed by atoms with Crippen molar-refractivity contribution in [2.75, 3.05) is 13.1 Å². The Hall–Kier alpha value is -0.750. The molecular formula is C10H17F2NO3. The lowest BCUT2D eigenvalue weighted by molar-refractivity contribution is -0.159. The first-order chi connectivity index (χ1) is 7.33. The second-order valence-electron chi connectivity index (χ2n) is 4.41. The van der Waals surface area contributed by atoms with Gasteiger partial charge in [-0.2, -0.15) is 8.78 Å². The number of esters is 1. The van der Waals surface area contributed by atoms with E-state index in [-0.39, 0.29) is 12.5 Å².